The van der Waals surface area contributed by atoms with E-state index in [-0.39, 0.29) is 0 Å². The number of aryl methyl sites for hydroxylation is 1. The van der Waals surface area contributed by atoms with Gasteiger partial charge >= 0.3 is 0 Å². The Bertz CT molecular complexity index is 441. The minimum atomic E-state index is 1.11. The molecule has 0 unspecified atom stereocenters. The van der Waals surface area contributed by atoms with E-state index in [1.807, 2.05) is 0 Å². The molecule has 0 amide bonds. The zero-order chi connectivity index (χ0) is 12.1. The molecule has 0 aliphatic heterocycles. The molecular formula is C16H20. The fourth-order valence-electron chi connectivity index (χ4n) is 1.52. The molecule has 0 radical (unpaired) electrons. The molecule has 0 heteroatoms. The van der Waals surface area contributed by atoms with Gasteiger partial charge in [0.05, 0.1) is 0 Å². The highest BCUT2D eigenvalue weighted by molar-refractivity contribution is 5.78. The van der Waals surface area contributed by atoms with E-state index in [0.717, 1.165) is 5.57 Å². The summed E-state index contributed by atoms with van der Waals surface area (Å²) in [6, 6.07) is 8.36. The molecule has 1 aromatic rings. The molecule has 16 heavy (non-hydrogen) atoms. The van der Waals surface area contributed by atoms with Gasteiger partial charge in [-0.2, -0.15) is 0 Å². The van der Waals surface area contributed by atoms with E-state index in [1.54, 1.807) is 0 Å². The highest BCUT2D eigenvalue weighted by atomic mass is 14.1. The van der Waals surface area contributed by atoms with Gasteiger partial charge in [0.15, 0.2) is 0 Å². The van der Waals surface area contributed by atoms with E-state index in [4.69, 9.17) is 0 Å². The zero-order valence-corrected chi connectivity index (χ0v) is 10.7. The lowest BCUT2D eigenvalue weighted by atomic mass is 9.96. The smallest absolute Gasteiger partial charge is 0.0158 e. The summed E-state index contributed by atoms with van der Waals surface area (Å²) in [5.74, 6) is 0. The van der Waals surface area contributed by atoms with E-state index in [1.165, 1.54) is 22.3 Å². The Balaban J connectivity index is 3.00. The molecule has 1 rings (SSSR count). The zero-order valence-electron chi connectivity index (χ0n) is 10.7. The topological polar surface area (TPSA) is 0 Å². The number of rotatable bonds is 3. The maximum Gasteiger partial charge on any atom is -0.0158 e. The quantitative estimate of drug-likeness (QED) is 0.624. The molecule has 0 atom stereocenters. The molecule has 0 aromatic heterocycles. The van der Waals surface area contributed by atoms with Gasteiger partial charge in [-0.05, 0) is 50.0 Å². The van der Waals surface area contributed by atoms with Gasteiger partial charge in [0.25, 0.3) is 0 Å². The van der Waals surface area contributed by atoms with Crippen molar-refractivity contribution in [2.45, 2.75) is 27.7 Å². The molecule has 84 valence electrons. The number of hydrogen-bond donors (Lipinski definition) is 0. The van der Waals surface area contributed by atoms with Crippen LogP contribution in [0, 0.1) is 6.92 Å². The fraction of sp³-hybridized carbons (Fsp3) is 0.250. The summed E-state index contributed by atoms with van der Waals surface area (Å²) in [6.07, 6.45) is 4.25. The minimum absolute atomic E-state index is 1.11. The summed E-state index contributed by atoms with van der Waals surface area (Å²) in [5, 5.41) is 0. The SMILES string of the molecule is C=C(/C(C)=C/C=C(C)C)c1ccccc1C. The third-order valence-electron chi connectivity index (χ3n) is 2.61. The van der Waals surface area contributed by atoms with E-state index in [2.05, 4.69) is 70.7 Å². The molecule has 0 heterocycles. The third kappa shape index (κ3) is 3.23. The second kappa shape index (κ2) is 5.50. The van der Waals surface area contributed by atoms with Crippen LogP contribution in [-0.4, -0.2) is 0 Å². The lowest BCUT2D eigenvalue weighted by Gasteiger charge is -2.09. The van der Waals surface area contributed by atoms with Crippen LogP contribution in [0.1, 0.15) is 31.9 Å². The first-order valence-corrected chi connectivity index (χ1v) is 5.59. The highest BCUT2D eigenvalue weighted by Crippen LogP contribution is 2.23. The largest absolute Gasteiger partial charge is 0.0909 e. The molecule has 1 aromatic carbocycles. The van der Waals surface area contributed by atoms with Crippen molar-refractivity contribution in [3.05, 3.63) is 65.3 Å². The van der Waals surface area contributed by atoms with Crippen molar-refractivity contribution in [2.75, 3.05) is 0 Å². The second-order valence-corrected chi connectivity index (χ2v) is 4.39. The first kappa shape index (κ1) is 12.5. The van der Waals surface area contributed by atoms with Gasteiger partial charge in [-0.15, -0.1) is 0 Å². The summed E-state index contributed by atoms with van der Waals surface area (Å²) in [6.45, 7) is 12.6. The average molecular weight is 212 g/mol. The number of benzene rings is 1. The molecule has 0 saturated carbocycles. The third-order valence-corrected chi connectivity index (χ3v) is 2.61. The maximum absolute atomic E-state index is 4.17. The highest BCUT2D eigenvalue weighted by Gasteiger charge is 2.02. The van der Waals surface area contributed by atoms with Crippen molar-refractivity contribution < 1.29 is 0 Å². The summed E-state index contributed by atoms with van der Waals surface area (Å²) in [5.41, 5.74) is 6.14. The number of allylic oxidation sites excluding steroid dienone is 5. The van der Waals surface area contributed by atoms with Crippen molar-refractivity contribution in [1.82, 2.24) is 0 Å². The van der Waals surface area contributed by atoms with Gasteiger partial charge in [0.2, 0.25) is 0 Å². The van der Waals surface area contributed by atoms with Gasteiger partial charge in [0.1, 0.15) is 0 Å². The van der Waals surface area contributed by atoms with Gasteiger partial charge in [-0.3, -0.25) is 0 Å². The van der Waals surface area contributed by atoms with Gasteiger partial charge < -0.3 is 0 Å². The molecular weight excluding hydrogens is 192 g/mol. The monoisotopic (exact) mass is 212 g/mol. The average Bonchev–Trinajstić information content (AvgIpc) is 2.25. The molecule has 0 fully saturated rings. The Morgan fingerprint density at radius 1 is 1.06 bits per heavy atom. The Labute approximate surface area is 99.0 Å². The molecule has 0 spiro atoms. The van der Waals surface area contributed by atoms with Gasteiger partial charge in [0, 0.05) is 0 Å². The van der Waals surface area contributed by atoms with E-state index in [0.29, 0.717) is 0 Å². The second-order valence-electron chi connectivity index (χ2n) is 4.39. The van der Waals surface area contributed by atoms with Gasteiger partial charge in [-0.25, -0.2) is 0 Å². The van der Waals surface area contributed by atoms with E-state index in [9.17, 15) is 0 Å². The Morgan fingerprint density at radius 2 is 1.69 bits per heavy atom. The molecule has 0 bridgehead atoms. The van der Waals surface area contributed by atoms with E-state index < -0.39 is 0 Å². The van der Waals surface area contributed by atoms with Crippen LogP contribution in [0.5, 0.6) is 0 Å². The minimum Gasteiger partial charge on any atom is -0.0909 e. The van der Waals surface area contributed by atoms with Crippen molar-refractivity contribution in [3.63, 3.8) is 0 Å². The van der Waals surface area contributed by atoms with Crippen LogP contribution in [0.4, 0.5) is 0 Å². The predicted molar refractivity (Wildman–Crippen MR) is 73.4 cm³/mol. The van der Waals surface area contributed by atoms with Gasteiger partial charge in [-0.1, -0.05) is 48.6 Å². The molecule has 0 saturated heterocycles. The fourth-order valence-corrected chi connectivity index (χ4v) is 1.52. The normalized spacial score (nSPS) is 11.1. The summed E-state index contributed by atoms with van der Waals surface area (Å²) < 4.78 is 0. The van der Waals surface area contributed by atoms with Crippen molar-refractivity contribution in [1.29, 1.82) is 0 Å². The van der Waals surface area contributed by atoms with Crippen molar-refractivity contribution in [2.24, 2.45) is 0 Å². The van der Waals surface area contributed by atoms with Crippen molar-refractivity contribution in [3.8, 4) is 0 Å². The molecule has 0 aliphatic carbocycles. The summed E-state index contributed by atoms with van der Waals surface area (Å²) in [4.78, 5) is 0. The van der Waals surface area contributed by atoms with Crippen LogP contribution in [0.2, 0.25) is 0 Å². The van der Waals surface area contributed by atoms with Crippen LogP contribution in [0.25, 0.3) is 5.57 Å². The Morgan fingerprint density at radius 3 is 2.25 bits per heavy atom. The lowest BCUT2D eigenvalue weighted by molar-refractivity contribution is 1.37. The molecule has 0 aliphatic rings. The Kier molecular flexibility index (Phi) is 4.30. The molecule has 0 N–H and O–H groups in total. The first-order chi connectivity index (χ1) is 7.52. The van der Waals surface area contributed by atoms with Crippen LogP contribution < -0.4 is 0 Å². The summed E-state index contributed by atoms with van der Waals surface area (Å²) in [7, 11) is 0. The molecule has 0 nitrogen and oxygen atoms in total. The number of hydrogen-bond acceptors (Lipinski definition) is 0. The van der Waals surface area contributed by atoms with E-state index >= 15 is 0 Å². The van der Waals surface area contributed by atoms with Crippen LogP contribution in [0.3, 0.4) is 0 Å². The van der Waals surface area contributed by atoms with Crippen LogP contribution in [0.15, 0.2) is 54.1 Å². The predicted octanol–water partition coefficient (Wildman–Crippen LogP) is 4.92. The lowest BCUT2D eigenvalue weighted by Crippen LogP contribution is -1.88. The van der Waals surface area contributed by atoms with Crippen LogP contribution >= 0.6 is 0 Å². The Hall–Kier alpha value is -1.56. The van der Waals surface area contributed by atoms with Crippen LogP contribution in [-0.2, 0) is 0 Å². The standard InChI is InChI=1S/C16H20/c1-12(2)10-11-13(3)15(5)16-9-7-6-8-14(16)4/h6-11H,5H2,1-4H3/b13-11+. The van der Waals surface area contributed by atoms with Crippen molar-refractivity contribution >= 4 is 5.57 Å². The first-order valence-electron chi connectivity index (χ1n) is 5.59. The maximum atomic E-state index is 4.17. The summed E-state index contributed by atoms with van der Waals surface area (Å²) >= 11 is 0.